The first-order valence-corrected chi connectivity index (χ1v) is 22.2. The molecule has 1 aliphatic carbocycles. The van der Waals surface area contributed by atoms with Crippen LogP contribution in [0, 0.1) is 0 Å². The Balaban J connectivity index is 0.906. The van der Waals surface area contributed by atoms with Gasteiger partial charge in [0.15, 0.2) is 0 Å². The summed E-state index contributed by atoms with van der Waals surface area (Å²) in [6, 6.07) is 85.2. The number of hydrogen-bond donors (Lipinski definition) is 0. The van der Waals surface area contributed by atoms with Crippen molar-refractivity contribution in [3.05, 3.63) is 231 Å². The fraction of sp³-hybridized carbons (Fsp3) is 0. The maximum atomic E-state index is 2.46. The molecule has 1 aliphatic rings. The van der Waals surface area contributed by atoms with Crippen LogP contribution in [0.15, 0.2) is 231 Å². The number of nitrogens with zero attached hydrogens (tertiary/aromatic N) is 2. The van der Waals surface area contributed by atoms with E-state index in [1.54, 1.807) is 0 Å². The van der Waals surface area contributed by atoms with Gasteiger partial charge in [0.25, 0.3) is 0 Å². The standard InChI is InChI=1S/C62H38N2/c1-2-12-39(13-3-1)40-24-29-45(30-25-40)64-60-35-28-43(38-57(60)55-31-26-41-14-4-5-17-48(41)62(55)64)42-27-34-59-56(37-42)51-20-8-9-23-58(51)63(59)46-16-10-15-44(36-46)47-32-33-54-50-19-7-6-18-49(50)53-22-11-21-52(47)61(53)54/h1-38H. The topological polar surface area (TPSA) is 9.86 Å². The van der Waals surface area contributed by atoms with E-state index in [4.69, 9.17) is 0 Å². The van der Waals surface area contributed by atoms with Crippen LogP contribution in [0.1, 0.15) is 0 Å². The van der Waals surface area contributed by atoms with Crippen LogP contribution in [0.2, 0.25) is 0 Å². The van der Waals surface area contributed by atoms with Gasteiger partial charge in [0.05, 0.1) is 22.1 Å². The molecule has 0 spiro atoms. The lowest BCUT2D eigenvalue weighted by atomic mass is 9.94. The van der Waals surface area contributed by atoms with E-state index in [9.17, 15) is 0 Å². The first-order valence-electron chi connectivity index (χ1n) is 22.2. The largest absolute Gasteiger partial charge is 0.309 e. The second-order valence-corrected chi connectivity index (χ2v) is 17.2. The summed E-state index contributed by atoms with van der Waals surface area (Å²) in [6.45, 7) is 0. The second kappa shape index (κ2) is 13.5. The lowest BCUT2D eigenvalue weighted by Gasteiger charge is -2.13. The molecule has 11 aromatic carbocycles. The average Bonchev–Trinajstić information content (AvgIpc) is 4.01. The van der Waals surface area contributed by atoms with Crippen molar-refractivity contribution in [2.24, 2.45) is 0 Å². The molecule has 2 nitrogen and oxygen atoms in total. The number of para-hydroxylation sites is 1. The summed E-state index contributed by atoms with van der Waals surface area (Å²) >= 11 is 0. The van der Waals surface area contributed by atoms with Gasteiger partial charge in [-0.05, 0) is 126 Å². The van der Waals surface area contributed by atoms with Gasteiger partial charge in [0.1, 0.15) is 0 Å². The van der Waals surface area contributed by atoms with E-state index in [2.05, 4.69) is 240 Å². The number of benzene rings is 11. The Bertz CT molecular complexity index is 4020. The minimum Gasteiger partial charge on any atom is -0.309 e. The molecule has 0 fully saturated rings. The Kier molecular flexibility index (Phi) is 7.43. The molecule has 14 rings (SSSR count). The number of hydrogen-bond acceptors (Lipinski definition) is 0. The Morgan fingerprint density at radius 2 is 0.797 bits per heavy atom. The van der Waals surface area contributed by atoms with Gasteiger partial charge in [-0.1, -0.05) is 176 Å². The molecule has 64 heavy (non-hydrogen) atoms. The quantitative estimate of drug-likeness (QED) is 0.164. The SMILES string of the molecule is c1ccc(-c2ccc(-n3c4ccc(-c5ccc6c(c5)c5ccccc5n6-c5cccc(-c6ccc7c8c(cccc68)-c6ccccc6-7)c5)cc4c4ccc5ccccc5c43)cc2)cc1. The van der Waals surface area contributed by atoms with E-state index in [1.165, 1.54) is 121 Å². The predicted molar refractivity (Wildman–Crippen MR) is 271 cm³/mol. The fourth-order valence-corrected chi connectivity index (χ4v) is 11.0. The zero-order chi connectivity index (χ0) is 41.9. The molecule has 2 aromatic heterocycles. The first kappa shape index (κ1) is 35.2. The molecule has 0 radical (unpaired) electrons. The zero-order valence-corrected chi connectivity index (χ0v) is 34.8. The third-order valence-corrected chi connectivity index (χ3v) is 13.9. The highest BCUT2D eigenvalue weighted by molar-refractivity contribution is 6.20. The fourth-order valence-electron chi connectivity index (χ4n) is 11.0. The summed E-state index contributed by atoms with van der Waals surface area (Å²) in [5.41, 5.74) is 19.7. The van der Waals surface area contributed by atoms with Crippen LogP contribution in [0.3, 0.4) is 0 Å². The van der Waals surface area contributed by atoms with Crippen molar-refractivity contribution < 1.29 is 0 Å². The van der Waals surface area contributed by atoms with Crippen LogP contribution in [0.4, 0.5) is 0 Å². The van der Waals surface area contributed by atoms with Crippen molar-refractivity contribution in [2.75, 3.05) is 0 Å². The smallest absolute Gasteiger partial charge is 0.0619 e. The molecule has 0 atom stereocenters. The molecule has 0 aliphatic heterocycles. The molecule has 2 heteroatoms. The van der Waals surface area contributed by atoms with Gasteiger partial charge in [-0.2, -0.15) is 0 Å². The summed E-state index contributed by atoms with van der Waals surface area (Å²) < 4.78 is 4.90. The summed E-state index contributed by atoms with van der Waals surface area (Å²) in [4.78, 5) is 0. The maximum Gasteiger partial charge on any atom is 0.0619 e. The molecule has 0 N–H and O–H groups in total. The third-order valence-electron chi connectivity index (χ3n) is 13.9. The number of rotatable bonds is 5. The number of aromatic nitrogens is 2. The van der Waals surface area contributed by atoms with Crippen LogP contribution in [-0.4, -0.2) is 9.13 Å². The number of fused-ring (bicyclic) bond motifs is 11. The Hall–Kier alpha value is -8.46. The van der Waals surface area contributed by atoms with Crippen LogP contribution in [0.25, 0.3) is 132 Å². The zero-order valence-electron chi connectivity index (χ0n) is 34.8. The molecular weight excluding hydrogens is 773 g/mol. The van der Waals surface area contributed by atoms with Crippen LogP contribution in [-0.2, 0) is 0 Å². The highest BCUT2D eigenvalue weighted by Gasteiger charge is 2.23. The highest BCUT2D eigenvalue weighted by atomic mass is 15.0. The first-order chi connectivity index (χ1) is 31.7. The molecule has 2 heterocycles. The molecule has 296 valence electrons. The van der Waals surface area contributed by atoms with E-state index in [0.717, 1.165) is 11.4 Å². The third kappa shape index (κ3) is 5.08. The van der Waals surface area contributed by atoms with Crippen LogP contribution in [0.5, 0.6) is 0 Å². The van der Waals surface area contributed by atoms with Gasteiger partial charge in [-0.3, -0.25) is 0 Å². The summed E-state index contributed by atoms with van der Waals surface area (Å²) in [6.07, 6.45) is 0. The van der Waals surface area contributed by atoms with E-state index in [1.807, 2.05) is 0 Å². The van der Waals surface area contributed by atoms with Crippen molar-refractivity contribution in [2.45, 2.75) is 0 Å². The van der Waals surface area contributed by atoms with E-state index in [-0.39, 0.29) is 0 Å². The molecule has 0 unspecified atom stereocenters. The summed E-state index contributed by atoms with van der Waals surface area (Å²) in [7, 11) is 0. The van der Waals surface area contributed by atoms with E-state index < -0.39 is 0 Å². The molecule has 13 aromatic rings. The predicted octanol–water partition coefficient (Wildman–Crippen LogP) is 16.8. The summed E-state index contributed by atoms with van der Waals surface area (Å²) in [5.74, 6) is 0. The molecule has 0 amide bonds. The van der Waals surface area contributed by atoms with Gasteiger partial charge in [-0.25, -0.2) is 0 Å². The van der Waals surface area contributed by atoms with Crippen LogP contribution < -0.4 is 0 Å². The molecule has 0 saturated heterocycles. The lowest BCUT2D eigenvalue weighted by Crippen LogP contribution is -1.95. The minimum absolute atomic E-state index is 1.15. The Labute approximate surface area is 370 Å². The normalized spacial score (nSPS) is 12.1. The monoisotopic (exact) mass is 810 g/mol. The minimum atomic E-state index is 1.15. The van der Waals surface area contributed by atoms with Gasteiger partial charge in [-0.15, -0.1) is 0 Å². The average molecular weight is 811 g/mol. The van der Waals surface area contributed by atoms with Gasteiger partial charge >= 0.3 is 0 Å². The maximum absolute atomic E-state index is 2.46. The van der Waals surface area contributed by atoms with Crippen molar-refractivity contribution in [1.82, 2.24) is 9.13 Å². The summed E-state index contributed by atoms with van der Waals surface area (Å²) in [5, 5.41) is 10.1. The van der Waals surface area contributed by atoms with Crippen LogP contribution >= 0.6 is 0 Å². The Morgan fingerprint density at radius 3 is 1.61 bits per heavy atom. The van der Waals surface area contributed by atoms with Gasteiger partial charge in [0.2, 0.25) is 0 Å². The van der Waals surface area contributed by atoms with Crippen molar-refractivity contribution >= 4 is 65.2 Å². The van der Waals surface area contributed by atoms with Crippen molar-refractivity contribution in [1.29, 1.82) is 0 Å². The lowest BCUT2D eigenvalue weighted by molar-refractivity contribution is 1.18. The van der Waals surface area contributed by atoms with Gasteiger partial charge in [0, 0.05) is 38.3 Å². The molecule has 0 saturated carbocycles. The highest BCUT2D eigenvalue weighted by Crippen LogP contribution is 2.49. The Morgan fingerprint density at radius 1 is 0.234 bits per heavy atom. The van der Waals surface area contributed by atoms with E-state index in [0.29, 0.717) is 0 Å². The van der Waals surface area contributed by atoms with E-state index >= 15 is 0 Å². The van der Waals surface area contributed by atoms with Gasteiger partial charge < -0.3 is 9.13 Å². The van der Waals surface area contributed by atoms with Crippen molar-refractivity contribution in [3.63, 3.8) is 0 Å². The van der Waals surface area contributed by atoms with Crippen molar-refractivity contribution in [3.8, 4) is 67.0 Å². The molecular formula is C62H38N2. The second-order valence-electron chi connectivity index (χ2n) is 17.2. The molecule has 0 bridgehead atoms.